The lowest BCUT2D eigenvalue weighted by atomic mass is 10.1. The molecule has 0 atom stereocenters. The molecule has 7 nitrogen and oxygen atoms in total. The van der Waals surface area contributed by atoms with Crippen molar-refractivity contribution in [1.82, 2.24) is 25.5 Å². The molecule has 1 heterocycles. The second-order valence-electron chi connectivity index (χ2n) is 4.71. The molecular formula is C14H16N6OS. The Morgan fingerprint density at radius 3 is 3.00 bits per heavy atom. The standard InChI is InChI=1S/C14H16N6OS/c1-10-4-5-12(11(2)8-10)20-14(17-18-19-20)22-9-13(21)16-7-3-6-15/h4-5,8H,3,7,9H2,1-2H3,(H,16,21). The summed E-state index contributed by atoms with van der Waals surface area (Å²) in [5, 5.41) is 23.3. The minimum atomic E-state index is -0.143. The van der Waals surface area contributed by atoms with Crippen LogP contribution in [-0.2, 0) is 4.79 Å². The van der Waals surface area contributed by atoms with Crippen LogP contribution in [0.25, 0.3) is 5.69 Å². The molecule has 0 aliphatic rings. The largest absolute Gasteiger partial charge is 0.354 e. The molecule has 0 unspecified atom stereocenters. The van der Waals surface area contributed by atoms with Gasteiger partial charge in [0, 0.05) is 6.54 Å². The number of carbonyl (C=O) groups is 1. The molecule has 2 aromatic rings. The van der Waals surface area contributed by atoms with E-state index in [1.807, 2.05) is 32.0 Å². The molecule has 1 N–H and O–H groups in total. The van der Waals surface area contributed by atoms with Crippen molar-refractivity contribution in [1.29, 1.82) is 5.26 Å². The van der Waals surface area contributed by atoms with E-state index in [-0.39, 0.29) is 11.7 Å². The number of carbonyl (C=O) groups excluding carboxylic acids is 1. The first-order valence-corrected chi connectivity index (χ1v) is 7.73. The smallest absolute Gasteiger partial charge is 0.230 e. The normalized spacial score (nSPS) is 10.2. The van der Waals surface area contributed by atoms with Crippen LogP contribution in [0.15, 0.2) is 23.4 Å². The number of benzene rings is 1. The summed E-state index contributed by atoms with van der Waals surface area (Å²) in [5.41, 5.74) is 3.12. The summed E-state index contributed by atoms with van der Waals surface area (Å²) in [6.07, 6.45) is 0.302. The Labute approximate surface area is 132 Å². The molecule has 1 amide bonds. The summed E-state index contributed by atoms with van der Waals surface area (Å²) < 4.78 is 1.63. The zero-order valence-electron chi connectivity index (χ0n) is 12.4. The molecule has 22 heavy (non-hydrogen) atoms. The van der Waals surface area contributed by atoms with Gasteiger partial charge in [0.25, 0.3) is 0 Å². The monoisotopic (exact) mass is 316 g/mol. The van der Waals surface area contributed by atoms with Crippen LogP contribution in [0, 0.1) is 25.2 Å². The summed E-state index contributed by atoms with van der Waals surface area (Å²) in [6.45, 7) is 4.38. The van der Waals surface area contributed by atoms with Gasteiger partial charge in [-0.2, -0.15) is 9.94 Å². The molecule has 114 valence electrons. The minimum Gasteiger partial charge on any atom is -0.354 e. The van der Waals surface area contributed by atoms with E-state index in [9.17, 15) is 4.79 Å². The Hall–Kier alpha value is -2.40. The predicted octanol–water partition coefficient (Wildman–Crippen LogP) is 1.40. The first-order chi connectivity index (χ1) is 10.6. The first kappa shape index (κ1) is 16.0. The molecule has 8 heteroatoms. The van der Waals surface area contributed by atoms with Gasteiger partial charge in [-0.3, -0.25) is 4.79 Å². The van der Waals surface area contributed by atoms with E-state index in [2.05, 4.69) is 26.9 Å². The lowest BCUT2D eigenvalue weighted by Gasteiger charge is -2.08. The van der Waals surface area contributed by atoms with Gasteiger partial charge in [0.05, 0.1) is 23.9 Å². The zero-order valence-corrected chi connectivity index (χ0v) is 13.2. The van der Waals surface area contributed by atoms with Crippen molar-refractivity contribution in [3.05, 3.63) is 29.3 Å². The summed E-state index contributed by atoms with van der Waals surface area (Å²) >= 11 is 1.26. The number of tetrazole rings is 1. The maximum Gasteiger partial charge on any atom is 0.230 e. The lowest BCUT2D eigenvalue weighted by molar-refractivity contribution is -0.118. The van der Waals surface area contributed by atoms with Crippen LogP contribution in [0.4, 0.5) is 0 Å². The summed E-state index contributed by atoms with van der Waals surface area (Å²) in [5.74, 6) is 0.0619. The van der Waals surface area contributed by atoms with Crippen molar-refractivity contribution in [3.8, 4) is 11.8 Å². The number of aryl methyl sites for hydroxylation is 2. The van der Waals surface area contributed by atoms with Crippen molar-refractivity contribution >= 4 is 17.7 Å². The number of nitrogens with zero attached hydrogens (tertiary/aromatic N) is 5. The number of rotatable bonds is 6. The van der Waals surface area contributed by atoms with Crippen LogP contribution in [0.3, 0.4) is 0 Å². The third-order valence-electron chi connectivity index (χ3n) is 2.91. The van der Waals surface area contributed by atoms with E-state index in [0.717, 1.165) is 11.3 Å². The van der Waals surface area contributed by atoms with Gasteiger partial charge in [0.2, 0.25) is 11.1 Å². The van der Waals surface area contributed by atoms with E-state index in [1.165, 1.54) is 17.3 Å². The molecule has 0 fully saturated rings. The maximum absolute atomic E-state index is 11.7. The van der Waals surface area contributed by atoms with Crippen LogP contribution in [0.1, 0.15) is 17.5 Å². The van der Waals surface area contributed by atoms with Crippen molar-refractivity contribution < 1.29 is 4.79 Å². The number of hydrogen-bond acceptors (Lipinski definition) is 6. The van der Waals surface area contributed by atoms with E-state index in [1.54, 1.807) is 4.68 Å². The fourth-order valence-corrected chi connectivity index (χ4v) is 2.62. The molecule has 0 aliphatic carbocycles. The second kappa shape index (κ2) is 7.56. The van der Waals surface area contributed by atoms with Gasteiger partial charge in [0.15, 0.2) is 0 Å². The molecule has 0 radical (unpaired) electrons. The van der Waals surface area contributed by atoms with E-state index >= 15 is 0 Å². The van der Waals surface area contributed by atoms with Gasteiger partial charge in [-0.15, -0.1) is 5.10 Å². The van der Waals surface area contributed by atoms with Crippen LogP contribution in [0.5, 0.6) is 0 Å². The predicted molar refractivity (Wildman–Crippen MR) is 82.6 cm³/mol. The second-order valence-corrected chi connectivity index (χ2v) is 5.65. The van der Waals surface area contributed by atoms with E-state index < -0.39 is 0 Å². The fourth-order valence-electron chi connectivity index (χ4n) is 1.90. The van der Waals surface area contributed by atoms with Crippen LogP contribution < -0.4 is 5.32 Å². The van der Waals surface area contributed by atoms with Crippen molar-refractivity contribution in [2.75, 3.05) is 12.3 Å². The maximum atomic E-state index is 11.7. The number of aromatic nitrogens is 4. The van der Waals surface area contributed by atoms with Crippen molar-refractivity contribution in [2.45, 2.75) is 25.4 Å². The first-order valence-electron chi connectivity index (χ1n) is 6.74. The molecule has 0 saturated heterocycles. The number of hydrogen-bond donors (Lipinski definition) is 1. The molecule has 0 saturated carbocycles. The van der Waals surface area contributed by atoms with Gasteiger partial charge in [-0.1, -0.05) is 29.5 Å². The van der Waals surface area contributed by atoms with Gasteiger partial charge in [0.1, 0.15) is 0 Å². The average molecular weight is 316 g/mol. The molecule has 0 spiro atoms. The zero-order chi connectivity index (χ0) is 15.9. The third kappa shape index (κ3) is 4.05. The molecule has 2 rings (SSSR count). The molecule has 1 aromatic carbocycles. The summed E-state index contributed by atoms with van der Waals surface area (Å²) in [4.78, 5) is 11.7. The van der Waals surface area contributed by atoms with Gasteiger partial charge in [-0.05, 0) is 35.9 Å². The highest BCUT2D eigenvalue weighted by molar-refractivity contribution is 7.99. The van der Waals surface area contributed by atoms with Crippen LogP contribution >= 0.6 is 11.8 Å². The third-order valence-corrected chi connectivity index (χ3v) is 3.83. The summed E-state index contributed by atoms with van der Waals surface area (Å²) in [6, 6.07) is 7.98. The van der Waals surface area contributed by atoms with Crippen molar-refractivity contribution in [2.24, 2.45) is 0 Å². The number of amides is 1. The van der Waals surface area contributed by atoms with Gasteiger partial charge in [-0.25, -0.2) is 0 Å². The Morgan fingerprint density at radius 1 is 1.45 bits per heavy atom. The van der Waals surface area contributed by atoms with Crippen LogP contribution in [0.2, 0.25) is 0 Å². The van der Waals surface area contributed by atoms with Crippen LogP contribution in [-0.4, -0.2) is 38.4 Å². The molecule has 0 aliphatic heterocycles. The highest BCUT2D eigenvalue weighted by atomic mass is 32.2. The average Bonchev–Trinajstić information content (AvgIpc) is 2.93. The molecular weight excluding hydrogens is 300 g/mol. The Morgan fingerprint density at radius 2 is 2.27 bits per heavy atom. The SMILES string of the molecule is Cc1ccc(-n2nnnc2SCC(=O)NCCC#N)c(C)c1. The van der Waals surface area contributed by atoms with Gasteiger partial charge < -0.3 is 5.32 Å². The van der Waals surface area contributed by atoms with E-state index in [0.29, 0.717) is 18.1 Å². The number of nitrogens with one attached hydrogen (secondary N) is 1. The van der Waals surface area contributed by atoms with Crippen molar-refractivity contribution in [3.63, 3.8) is 0 Å². The Balaban J connectivity index is 2.04. The highest BCUT2D eigenvalue weighted by Crippen LogP contribution is 2.21. The summed E-state index contributed by atoms with van der Waals surface area (Å²) in [7, 11) is 0. The topological polar surface area (TPSA) is 96.5 Å². The molecule has 0 bridgehead atoms. The van der Waals surface area contributed by atoms with E-state index in [4.69, 9.17) is 5.26 Å². The number of nitriles is 1. The Kier molecular flexibility index (Phi) is 5.49. The lowest BCUT2D eigenvalue weighted by Crippen LogP contribution is -2.26. The quantitative estimate of drug-likeness (QED) is 0.639. The number of thioether (sulfide) groups is 1. The van der Waals surface area contributed by atoms with Gasteiger partial charge >= 0.3 is 0 Å². The Bertz CT molecular complexity index is 706. The molecule has 1 aromatic heterocycles. The highest BCUT2D eigenvalue weighted by Gasteiger charge is 2.12. The fraction of sp³-hybridized carbons (Fsp3) is 0.357. The minimum absolute atomic E-state index is 0.143.